The quantitative estimate of drug-likeness (QED) is 0.748. The van der Waals surface area contributed by atoms with E-state index in [0.717, 1.165) is 42.7 Å². The monoisotopic (exact) mass is 222 g/mol. The third kappa shape index (κ3) is 1.70. The molecule has 3 rings (SSSR count). The molecule has 0 radical (unpaired) electrons. The Morgan fingerprint density at radius 1 is 1.25 bits per heavy atom. The molecular formula is C14H26N2. The molecule has 0 aromatic rings. The second-order valence-electron chi connectivity index (χ2n) is 6.80. The van der Waals surface area contributed by atoms with Crippen molar-refractivity contribution in [1.82, 2.24) is 5.32 Å². The summed E-state index contributed by atoms with van der Waals surface area (Å²) in [6, 6.07) is 0.839. The van der Waals surface area contributed by atoms with Gasteiger partial charge < -0.3 is 11.1 Å². The van der Waals surface area contributed by atoms with Crippen molar-refractivity contribution in [3.8, 4) is 0 Å². The van der Waals surface area contributed by atoms with Crippen LogP contribution in [0.5, 0.6) is 0 Å². The van der Waals surface area contributed by atoms with Gasteiger partial charge in [0.15, 0.2) is 0 Å². The Morgan fingerprint density at radius 3 is 2.44 bits per heavy atom. The van der Waals surface area contributed by atoms with E-state index in [0.29, 0.717) is 0 Å². The van der Waals surface area contributed by atoms with Gasteiger partial charge in [0.25, 0.3) is 0 Å². The van der Waals surface area contributed by atoms with Crippen molar-refractivity contribution in [2.24, 2.45) is 29.4 Å². The van der Waals surface area contributed by atoms with Crippen LogP contribution in [0.2, 0.25) is 0 Å². The van der Waals surface area contributed by atoms with Gasteiger partial charge in [0.05, 0.1) is 0 Å². The molecule has 5 atom stereocenters. The molecule has 3 aliphatic rings. The summed E-state index contributed by atoms with van der Waals surface area (Å²) in [6.07, 6.45) is 6.90. The summed E-state index contributed by atoms with van der Waals surface area (Å²) in [6.45, 7) is 5.42. The first-order valence-corrected chi connectivity index (χ1v) is 7.14. The molecule has 0 saturated heterocycles. The molecule has 3 N–H and O–H groups in total. The lowest BCUT2D eigenvalue weighted by atomic mass is 9.97. The number of fused-ring (bicyclic) bond motifs is 5. The van der Waals surface area contributed by atoms with Gasteiger partial charge >= 0.3 is 0 Å². The summed E-state index contributed by atoms with van der Waals surface area (Å²) in [5.41, 5.74) is 6.28. The van der Waals surface area contributed by atoms with Crippen LogP contribution in [-0.2, 0) is 0 Å². The fourth-order valence-corrected chi connectivity index (χ4v) is 4.61. The lowest BCUT2D eigenvalue weighted by Gasteiger charge is -2.25. The molecule has 0 aromatic carbocycles. The minimum atomic E-state index is 0.00465. The predicted octanol–water partition coefficient (Wildman–Crippen LogP) is 2.14. The normalized spacial score (nSPS) is 47.8. The number of rotatable bonds is 5. The summed E-state index contributed by atoms with van der Waals surface area (Å²) in [4.78, 5) is 0. The average Bonchev–Trinajstić information content (AvgIpc) is 2.62. The average molecular weight is 222 g/mol. The summed E-state index contributed by atoms with van der Waals surface area (Å²) < 4.78 is 0. The van der Waals surface area contributed by atoms with E-state index in [1.807, 2.05) is 0 Å². The molecule has 0 heterocycles. The van der Waals surface area contributed by atoms with E-state index in [4.69, 9.17) is 5.73 Å². The van der Waals surface area contributed by atoms with Gasteiger partial charge in [0, 0.05) is 18.1 Å². The van der Waals surface area contributed by atoms with E-state index >= 15 is 0 Å². The molecule has 16 heavy (non-hydrogen) atoms. The van der Waals surface area contributed by atoms with Crippen LogP contribution in [0.25, 0.3) is 0 Å². The van der Waals surface area contributed by atoms with E-state index in [1.165, 1.54) is 19.3 Å². The van der Waals surface area contributed by atoms with E-state index < -0.39 is 0 Å². The highest BCUT2D eigenvalue weighted by Gasteiger charge is 2.64. The Labute approximate surface area is 99.4 Å². The molecule has 2 nitrogen and oxygen atoms in total. The van der Waals surface area contributed by atoms with E-state index in [1.54, 1.807) is 6.42 Å². The van der Waals surface area contributed by atoms with Crippen molar-refractivity contribution in [3.05, 3.63) is 0 Å². The zero-order valence-corrected chi connectivity index (χ0v) is 10.7. The van der Waals surface area contributed by atoms with Gasteiger partial charge in [-0.25, -0.2) is 0 Å². The SMILES string of the molecule is CCCC(C)(N)CNC1C2C3CCC(C3)C12. The molecule has 2 heteroatoms. The van der Waals surface area contributed by atoms with Crippen LogP contribution in [0.3, 0.4) is 0 Å². The van der Waals surface area contributed by atoms with Crippen LogP contribution in [0.4, 0.5) is 0 Å². The maximum Gasteiger partial charge on any atom is 0.0252 e. The lowest BCUT2D eigenvalue weighted by molar-refractivity contribution is 0.370. The summed E-state index contributed by atoms with van der Waals surface area (Å²) in [5.74, 6) is 4.22. The van der Waals surface area contributed by atoms with Gasteiger partial charge in [-0.3, -0.25) is 0 Å². The Morgan fingerprint density at radius 2 is 1.88 bits per heavy atom. The van der Waals surface area contributed by atoms with Gasteiger partial charge in [-0.2, -0.15) is 0 Å². The topological polar surface area (TPSA) is 38.0 Å². The summed E-state index contributed by atoms with van der Waals surface area (Å²) >= 11 is 0. The highest BCUT2D eigenvalue weighted by Crippen LogP contribution is 2.65. The molecule has 3 aliphatic carbocycles. The molecule has 3 saturated carbocycles. The van der Waals surface area contributed by atoms with Crippen LogP contribution in [0.15, 0.2) is 0 Å². The molecule has 0 spiro atoms. The highest BCUT2D eigenvalue weighted by atomic mass is 15.0. The number of nitrogens with one attached hydrogen (secondary N) is 1. The second-order valence-corrected chi connectivity index (χ2v) is 6.80. The number of hydrogen-bond donors (Lipinski definition) is 2. The minimum absolute atomic E-state index is 0.00465. The van der Waals surface area contributed by atoms with Crippen LogP contribution in [-0.4, -0.2) is 18.1 Å². The zero-order chi connectivity index (χ0) is 11.3. The fraction of sp³-hybridized carbons (Fsp3) is 1.00. The molecule has 5 unspecified atom stereocenters. The molecule has 2 bridgehead atoms. The molecule has 3 fully saturated rings. The van der Waals surface area contributed by atoms with Crippen molar-refractivity contribution in [2.45, 2.75) is 57.5 Å². The number of nitrogens with two attached hydrogens (primary N) is 1. The second kappa shape index (κ2) is 3.71. The number of hydrogen-bond acceptors (Lipinski definition) is 2. The highest BCUT2D eigenvalue weighted by molar-refractivity contribution is 5.17. The molecule has 0 amide bonds. The Bertz CT molecular complexity index is 258. The van der Waals surface area contributed by atoms with Crippen LogP contribution in [0, 0.1) is 23.7 Å². The minimum Gasteiger partial charge on any atom is -0.324 e. The molecule has 92 valence electrons. The standard InChI is InChI=1S/C14H26N2/c1-3-6-14(2,15)8-16-13-11-9-4-5-10(7-9)12(11)13/h9-13,16H,3-8,15H2,1-2H3. The molecular weight excluding hydrogens is 196 g/mol. The van der Waals surface area contributed by atoms with Crippen molar-refractivity contribution >= 4 is 0 Å². The van der Waals surface area contributed by atoms with Crippen molar-refractivity contribution in [1.29, 1.82) is 0 Å². The van der Waals surface area contributed by atoms with Crippen molar-refractivity contribution in [3.63, 3.8) is 0 Å². The lowest BCUT2D eigenvalue weighted by Crippen LogP contribution is -2.47. The van der Waals surface area contributed by atoms with Crippen LogP contribution < -0.4 is 11.1 Å². The van der Waals surface area contributed by atoms with Crippen LogP contribution >= 0.6 is 0 Å². The Balaban J connectivity index is 1.48. The van der Waals surface area contributed by atoms with Gasteiger partial charge in [-0.1, -0.05) is 13.3 Å². The van der Waals surface area contributed by atoms with Gasteiger partial charge in [0.2, 0.25) is 0 Å². The van der Waals surface area contributed by atoms with Crippen molar-refractivity contribution < 1.29 is 0 Å². The maximum atomic E-state index is 6.28. The first kappa shape index (κ1) is 11.0. The molecule has 0 aromatic heterocycles. The first-order valence-electron chi connectivity index (χ1n) is 7.14. The maximum absolute atomic E-state index is 6.28. The third-order valence-corrected chi connectivity index (χ3v) is 5.30. The smallest absolute Gasteiger partial charge is 0.0252 e. The predicted molar refractivity (Wildman–Crippen MR) is 67.1 cm³/mol. The third-order valence-electron chi connectivity index (χ3n) is 5.30. The van der Waals surface area contributed by atoms with Crippen LogP contribution in [0.1, 0.15) is 46.0 Å². The summed E-state index contributed by atoms with van der Waals surface area (Å²) in [7, 11) is 0. The summed E-state index contributed by atoms with van der Waals surface area (Å²) in [5, 5.41) is 3.76. The first-order chi connectivity index (χ1) is 7.62. The van der Waals surface area contributed by atoms with E-state index in [9.17, 15) is 0 Å². The molecule has 0 aliphatic heterocycles. The Kier molecular flexibility index (Phi) is 2.56. The zero-order valence-electron chi connectivity index (χ0n) is 10.7. The van der Waals surface area contributed by atoms with Crippen molar-refractivity contribution in [2.75, 3.05) is 6.54 Å². The fourth-order valence-electron chi connectivity index (χ4n) is 4.61. The largest absolute Gasteiger partial charge is 0.324 e. The Hall–Kier alpha value is -0.0800. The van der Waals surface area contributed by atoms with Gasteiger partial charge in [-0.05, 0) is 56.3 Å². The van der Waals surface area contributed by atoms with E-state index in [-0.39, 0.29) is 5.54 Å². The van der Waals surface area contributed by atoms with E-state index in [2.05, 4.69) is 19.2 Å². The van der Waals surface area contributed by atoms with Gasteiger partial charge in [-0.15, -0.1) is 0 Å². The van der Waals surface area contributed by atoms with Gasteiger partial charge in [0.1, 0.15) is 0 Å².